The van der Waals surface area contributed by atoms with E-state index < -0.39 is 29.3 Å². The van der Waals surface area contributed by atoms with Crippen LogP contribution in [0, 0.1) is 10.1 Å². The largest absolute Gasteiger partial charge is 0.524 e. The van der Waals surface area contributed by atoms with Crippen LogP contribution in [0.25, 0.3) is 0 Å². The van der Waals surface area contributed by atoms with Gasteiger partial charge in [0.05, 0.1) is 11.5 Å². The molecule has 0 aliphatic heterocycles. The van der Waals surface area contributed by atoms with Gasteiger partial charge in [-0.05, 0) is 20.8 Å². The summed E-state index contributed by atoms with van der Waals surface area (Å²) in [6, 6.07) is 5.40. The molecule has 8 heteroatoms. The molecule has 1 aromatic carbocycles. The Kier molecular flexibility index (Phi) is 5.63. The average molecular weight is 315 g/mol. The number of hydrogen-bond donors (Lipinski definition) is 0. The Bertz CT molecular complexity index is 575. The van der Waals surface area contributed by atoms with E-state index in [4.69, 9.17) is 4.74 Å². The molecule has 0 saturated heterocycles. The van der Waals surface area contributed by atoms with Gasteiger partial charge < -0.3 is 4.74 Å². The molecule has 0 fully saturated rings. The predicted octanol–water partition coefficient (Wildman–Crippen LogP) is 3.57. The van der Waals surface area contributed by atoms with Gasteiger partial charge in [-0.25, -0.2) is 0 Å². The molecule has 1 rings (SSSR count). The zero-order valence-electron chi connectivity index (χ0n) is 12.5. The molecule has 116 valence electrons. The molecule has 1 amide bonds. The topological polar surface area (TPSA) is 86.5 Å². The molecule has 21 heavy (non-hydrogen) atoms. The molecular weight excluding hydrogens is 295 g/mol. The van der Waals surface area contributed by atoms with Gasteiger partial charge >= 0.3 is 11.8 Å². The van der Waals surface area contributed by atoms with Gasteiger partial charge in [0.15, 0.2) is 0 Å². The van der Waals surface area contributed by atoms with E-state index in [0.717, 1.165) is 0 Å². The lowest BCUT2D eigenvalue weighted by Crippen LogP contribution is -2.53. The highest BCUT2D eigenvalue weighted by Gasteiger charge is 2.51. The number of carbonyl (C=O) groups is 1. The molecule has 2 unspecified atom stereocenters. The Labute approximate surface area is 124 Å². The average Bonchev–Trinajstić information content (AvgIpc) is 2.39. The van der Waals surface area contributed by atoms with Gasteiger partial charge in [-0.2, -0.15) is 4.79 Å². The summed E-state index contributed by atoms with van der Waals surface area (Å²) in [5.41, 5.74) is -0.137. The number of carbonyl (C=O) groups excluding carboxylic acids is 1. The molecule has 0 N–H and O–H groups in total. The first-order valence-corrected chi connectivity index (χ1v) is 8.46. The van der Waals surface area contributed by atoms with Crippen LogP contribution in [0.5, 0.6) is 0 Å². The Morgan fingerprint density at radius 2 is 2.00 bits per heavy atom. The van der Waals surface area contributed by atoms with Crippen LogP contribution in [0.15, 0.2) is 24.3 Å². The summed E-state index contributed by atoms with van der Waals surface area (Å²) in [6.07, 6.45) is -0.729. The summed E-state index contributed by atoms with van der Waals surface area (Å²) < 4.78 is 16.8. The van der Waals surface area contributed by atoms with Crippen molar-refractivity contribution in [3.63, 3.8) is 0 Å². The summed E-state index contributed by atoms with van der Waals surface area (Å²) in [5.74, 6) is 0. The number of rotatable bonds is 5. The first kappa shape index (κ1) is 17.3. The third kappa shape index (κ3) is 2.99. The maximum Gasteiger partial charge on any atom is 0.524 e. The Morgan fingerprint density at radius 3 is 2.43 bits per heavy atom. The highest BCUT2D eigenvalue weighted by molar-refractivity contribution is 7.44. The number of nitrogens with zero attached hydrogens (tertiary/aromatic N) is 2. The molecule has 7 nitrogen and oxygen atoms in total. The zero-order chi connectivity index (χ0) is 16.2. The lowest BCUT2D eigenvalue weighted by molar-refractivity contribution is -0.384. The van der Waals surface area contributed by atoms with Crippen LogP contribution < -0.4 is 4.25 Å². The standard InChI is InChI=1S/C13H20N2O5P/c1-5-20-13(16)15(10(2)3,21(4)19)12-9-7-6-8-11(12)14(17)18/h6-10,21H,5H2,1-4H3/q+1. The molecule has 0 spiro atoms. The molecule has 0 aliphatic carbocycles. The number of hydrogen-bond acceptors (Lipinski definition) is 5. The summed E-state index contributed by atoms with van der Waals surface area (Å²) in [4.78, 5) is 23.1. The first-order chi connectivity index (χ1) is 9.79. The SMILES string of the molecule is CCOC(=O)[N+](c1ccccc1[N+](=O)[O-])(C(C)C)[PH](C)=O. The van der Waals surface area contributed by atoms with Crippen molar-refractivity contribution in [1.82, 2.24) is 4.25 Å². The van der Waals surface area contributed by atoms with Gasteiger partial charge in [-0.1, -0.05) is 12.1 Å². The van der Waals surface area contributed by atoms with Crippen LogP contribution in [0.2, 0.25) is 0 Å². The molecule has 2 atom stereocenters. The van der Waals surface area contributed by atoms with Crippen LogP contribution in [-0.4, -0.2) is 30.3 Å². The fourth-order valence-corrected chi connectivity index (χ4v) is 3.97. The van der Waals surface area contributed by atoms with Gasteiger partial charge in [0.25, 0.3) is 0 Å². The minimum absolute atomic E-state index is 0.0994. The first-order valence-electron chi connectivity index (χ1n) is 6.61. The number of para-hydroxylation sites is 2. The molecule has 0 saturated carbocycles. The van der Waals surface area contributed by atoms with Crippen molar-refractivity contribution < 1.29 is 19.0 Å². The fourth-order valence-electron chi connectivity index (χ4n) is 2.39. The number of amides is 1. The molecule has 0 bridgehead atoms. The Hall–Kier alpha value is -1.72. The van der Waals surface area contributed by atoms with Crippen molar-refractivity contribution >= 4 is 25.4 Å². The van der Waals surface area contributed by atoms with Crippen LogP contribution in [0.3, 0.4) is 0 Å². The van der Waals surface area contributed by atoms with Crippen molar-refractivity contribution in [2.24, 2.45) is 0 Å². The predicted molar refractivity (Wildman–Crippen MR) is 82.0 cm³/mol. The van der Waals surface area contributed by atoms with E-state index in [-0.39, 0.29) is 18.0 Å². The Morgan fingerprint density at radius 1 is 1.43 bits per heavy atom. The third-order valence-corrected chi connectivity index (χ3v) is 5.22. The van der Waals surface area contributed by atoms with E-state index in [1.165, 1.54) is 24.9 Å². The second kappa shape index (κ2) is 6.83. The lowest BCUT2D eigenvalue weighted by Gasteiger charge is -2.35. The molecule has 0 aliphatic rings. The quantitative estimate of drug-likeness (QED) is 0.471. The molecule has 0 heterocycles. The van der Waals surface area contributed by atoms with Gasteiger partial charge in [0, 0.05) is 18.8 Å². The van der Waals surface area contributed by atoms with Crippen LogP contribution in [0.1, 0.15) is 20.8 Å². The second-order valence-corrected chi connectivity index (χ2v) is 6.52. The lowest BCUT2D eigenvalue weighted by atomic mass is 10.2. The maximum atomic E-state index is 12.5. The van der Waals surface area contributed by atoms with Gasteiger partial charge in [0.1, 0.15) is 6.04 Å². The number of nitro benzene ring substituents is 1. The summed E-state index contributed by atoms with van der Waals surface area (Å²) in [6.45, 7) is 6.55. The number of benzene rings is 1. The number of quaternary nitrogens is 1. The van der Waals surface area contributed by atoms with Crippen molar-refractivity contribution in [2.75, 3.05) is 13.3 Å². The minimum atomic E-state index is -2.55. The van der Waals surface area contributed by atoms with E-state index in [1.807, 2.05) is 0 Å². The Balaban J connectivity index is 3.70. The van der Waals surface area contributed by atoms with Crippen LogP contribution in [-0.2, 0) is 9.30 Å². The molecule has 0 aromatic heterocycles. The van der Waals surface area contributed by atoms with E-state index in [1.54, 1.807) is 26.8 Å². The van der Waals surface area contributed by atoms with Gasteiger partial charge in [0.2, 0.25) is 13.6 Å². The molecule has 1 aromatic rings. The third-order valence-electron chi connectivity index (χ3n) is 3.29. The van der Waals surface area contributed by atoms with Crippen molar-refractivity contribution in [3.05, 3.63) is 34.4 Å². The van der Waals surface area contributed by atoms with E-state index >= 15 is 0 Å². The van der Waals surface area contributed by atoms with Crippen LogP contribution >= 0.6 is 7.95 Å². The van der Waals surface area contributed by atoms with E-state index in [2.05, 4.69) is 0 Å². The van der Waals surface area contributed by atoms with Crippen molar-refractivity contribution in [1.29, 1.82) is 0 Å². The van der Waals surface area contributed by atoms with Crippen molar-refractivity contribution in [2.45, 2.75) is 26.8 Å². The highest BCUT2D eigenvalue weighted by atomic mass is 31.1. The normalized spacial score (nSPS) is 15.3. The van der Waals surface area contributed by atoms with Gasteiger partial charge in [-0.3, -0.25) is 14.7 Å². The zero-order valence-corrected chi connectivity index (χ0v) is 13.5. The van der Waals surface area contributed by atoms with E-state index in [0.29, 0.717) is 0 Å². The summed E-state index contributed by atoms with van der Waals surface area (Å²) in [5, 5.41) is 11.2. The highest BCUT2D eigenvalue weighted by Crippen LogP contribution is 2.47. The second-order valence-electron chi connectivity index (χ2n) is 4.78. The van der Waals surface area contributed by atoms with Crippen LogP contribution in [0.4, 0.5) is 16.2 Å². The number of ether oxygens (including phenoxy) is 1. The van der Waals surface area contributed by atoms with Gasteiger partial charge in [-0.15, -0.1) is 4.25 Å². The summed E-state index contributed by atoms with van der Waals surface area (Å²) in [7, 11) is -2.55. The molecule has 0 radical (unpaired) electrons. The van der Waals surface area contributed by atoms with E-state index in [9.17, 15) is 19.5 Å². The minimum Gasteiger partial charge on any atom is -0.420 e. The number of nitro groups is 1. The monoisotopic (exact) mass is 315 g/mol. The summed E-state index contributed by atoms with van der Waals surface area (Å²) >= 11 is 0. The van der Waals surface area contributed by atoms with Crippen molar-refractivity contribution in [3.8, 4) is 0 Å². The maximum absolute atomic E-state index is 12.5. The smallest absolute Gasteiger partial charge is 0.420 e. The fraction of sp³-hybridized carbons (Fsp3) is 0.462. The molecular formula is C13H20N2O5P+.